The highest BCUT2D eigenvalue weighted by molar-refractivity contribution is 6.55. The molecule has 64 valence electrons. The Morgan fingerprint density at radius 3 is 2.55 bits per heavy atom. The van der Waals surface area contributed by atoms with Crippen molar-refractivity contribution in [3.8, 4) is 0 Å². The van der Waals surface area contributed by atoms with E-state index in [2.05, 4.69) is 27.4 Å². The third-order valence-electron chi connectivity index (χ3n) is 1.58. The molecule has 0 saturated heterocycles. The average molecular weight is 172 g/mol. The van der Waals surface area contributed by atoms with E-state index in [1.54, 1.807) is 0 Å². The summed E-state index contributed by atoms with van der Waals surface area (Å²) >= 11 is 0. The fraction of sp³-hybridized carbons (Fsp3) is 0.625. The van der Waals surface area contributed by atoms with Gasteiger partial charge < -0.3 is 4.43 Å². The maximum atomic E-state index is 10.8. The summed E-state index contributed by atoms with van der Waals surface area (Å²) in [4.78, 5) is 10.8. The van der Waals surface area contributed by atoms with Crippen molar-refractivity contribution in [1.82, 2.24) is 0 Å². The first kappa shape index (κ1) is 10.4. The highest BCUT2D eigenvalue weighted by atomic mass is 28.3. The van der Waals surface area contributed by atoms with Gasteiger partial charge in [-0.05, 0) is 11.6 Å². The van der Waals surface area contributed by atoms with Crippen LogP contribution in [0.15, 0.2) is 12.7 Å². The molecule has 0 aliphatic heterocycles. The van der Waals surface area contributed by atoms with Crippen LogP contribution in [0.25, 0.3) is 0 Å². The Morgan fingerprint density at radius 1 is 1.73 bits per heavy atom. The van der Waals surface area contributed by atoms with Crippen LogP contribution in [0.3, 0.4) is 0 Å². The minimum atomic E-state index is -1.28. The van der Waals surface area contributed by atoms with Crippen LogP contribution in [0.1, 0.15) is 20.8 Å². The van der Waals surface area contributed by atoms with Gasteiger partial charge in [0.2, 0.25) is 9.04 Å². The lowest BCUT2D eigenvalue weighted by atomic mass is 10.6. The molecule has 0 saturated carbocycles. The number of hydrogen-bond donors (Lipinski definition) is 0. The molecule has 0 heterocycles. The van der Waals surface area contributed by atoms with Crippen LogP contribution < -0.4 is 0 Å². The minimum Gasteiger partial charge on any atom is -0.519 e. The molecule has 0 aromatic rings. The molecule has 2 nitrogen and oxygen atoms in total. The summed E-state index contributed by atoms with van der Waals surface area (Å²) in [6.45, 7) is 9.61. The van der Waals surface area contributed by atoms with E-state index >= 15 is 0 Å². The fourth-order valence-corrected chi connectivity index (χ4v) is 2.66. The van der Waals surface area contributed by atoms with Crippen molar-refractivity contribution in [3.63, 3.8) is 0 Å². The van der Waals surface area contributed by atoms with Crippen LogP contribution in [0.5, 0.6) is 0 Å². The summed E-state index contributed by atoms with van der Waals surface area (Å²) in [5, 5.41) is 0. The topological polar surface area (TPSA) is 26.3 Å². The van der Waals surface area contributed by atoms with Gasteiger partial charge in [-0.15, -0.1) is 0 Å². The van der Waals surface area contributed by atoms with Gasteiger partial charge in [0.05, 0.1) is 0 Å². The smallest absolute Gasteiger partial charge is 0.316 e. The molecule has 0 N–H and O–H groups in total. The third kappa shape index (κ3) is 3.98. The van der Waals surface area contributed by atoms with Crippen LogP contribution in [0.2, 0.25) is 11.6 Å². The number of hydrogen-bond acceptors (Lipinski definition) is 2. The van der Waals surface area contributed by atoms with Gasteiger partial charge in [-0.2, -0.15) is 0 Å². The monoisotopic (exact) mass is 172 g/mol. The van der Waals surface area contributed by atoms with E-state index in [1.165, 1.54) is 6.08 Å². The normalized spacial score (nSPS) is 12.7. The van der Waals surface area contributed by atoms with E-state index < -0.39 is 9.04 Å². The van der Waals surface area contributed by atoms with Crippen LogP contribution >= 0.6 is 0 Å². The van der Waals surface area contributed by atoms with E-state index in [9.17, 15) is 4.79 Å². The lowest BCUT2D eigenvalue weighted by Gasteiger charge is -2.16. The maximum Gasteiger partial charge on any atom is 0.316 e. The summed E-state index contributed by atoms with van der Waals surface area (Å²) in [7, 11) is -1.28. The van der Waals surface area contributed by atoms with Gasteiger partial charge in [0, 0.05) is 6.08 Å². The van der Waals surface area contributed by atoms with Crippen molar-refractivity contribution < 1.29 is 9.22 Å². The molecule has 11 heavy (non-hydrogen) atoms. The van der Waals surface area contributed by atoms with Crippen LogP contribution in [-0.4, -0.2) is 15.0 Å². The second-order valence-corrected chi connectivity index (χ2v) is 6.29. The van der Waals surface area contributed by atoms with Crippen LogP contribution in [-0.2, 0) is 9.22 Å². The molecule has 0 radical (unpaired) electrons. The van der Waals surface area contributed by atoms with Gasteiger partial charge in [-0.3, -0.25) is 0 Å². The van der Waals surface area contributed by atoms with Gasteiger partial charge in [-0.1, -0.05) is 27.4 Å². The first-order valence-corrected chi connectivity index (χ1v) is 5.90. The van der Waals surface area contributed by atoms with Crippen molar-refractivity contribution in [3.05, 3.63) is 12.7 Å². The lowest BCUT2D eigenvalue weighted by Crippen LogP contribution is -2.23. The van der Waals surface area contributed by atoms with E-state index in [0.717, 1.165) is 6.04 Å². The molecule has 0 bridgehead atoms. The zero-order valence-electron chi connectivity index (χ0n) is 7.46. The van der Waals surface area contributed by atoms with Crippen molar-refractivity contribution in [2.24, 2.45) is 0 Å². The molecule has 0 amide bonds. The molecule has 0 aromatic carbocycles. The first-order chi connectivity index (χ1) is 5.11. The number of carbonyl (C=O) groups excluding carboxylic acids is 1. The summed E-state index contributed by atoms with van der Waals surface area (Å²) in [6.07, 6.45) is 1.23. The van der Waals surface area contributed by atoms with Gasteiger partial charge in [-0.25, -0.2) is 4.79 Å². The van der Waals surface area contributed by atoms with Gasteiger partial charge in [0.25, 0.3) is 0 Å². The Morgan fingerprint density at radius 2 is 2.27 bits per heavy atom. The molecule has 0 aliphatic carbocycles. The Labute approximate surface area is 70.0 Å². The van der Waals surface area contributed by atoms with Crippen molar-refractivity contribution in [2.45, 2.75) is 32.4 Å². The fourth-order valence-electron chi connectivity index (χ4n) is 0.888. The van der Waals surface area contributed by atoms with E-state index in [0.29, 0.717) is 5.54 Å². The van der Waals surface area contributed by atoms with Gasteiger partial charge >= 0.3 is 5.97 Å². The summed E-state index contributed by atoms with van der Waals surface area (Å²) in [5.41, 5.74) is 0.517. The van der Waals surface area contributed by atoms with Gasteiger partial charge in [0.1, 0.15) is 0 Å². The van der Waals surface area contributed by atoms with E-state index in [4.69, 9.17) is 4.43 Å². The standard InChI is InChI=1S/C8H16O2Si/c1-5-8(9)10-11(6-2)7(3)4/h5,7,11H,1,6H2,2-4H3. The second kappa shape index (κ2) is 5.13. The molecule has 1 unspecified atom stereocenters. The molecular weight excluding hydrogens is 156 g/mol. The van der Waals surface area contributed by atoms with E-state index in [-0.39, 0.29) is 5.97 Å². The maximum absolute atomic E-state index is 10.8. The zero-order valence-corrected chi connectivity index (χ0v) is 8.62. The first-order valence-electron chi connectivity index (χ1n) is 3.94. The summed E-state index contributed by atoms with van der Waals surface area (Å²) in [5.74, 6) is -0.266. The SMILES string of the molecule is C=CC(=O)O[SiH](CC)C(C)C. The Hall–Kier alpha value is -0.573. The number of carbonyl (C=O) groups is 1. The molecule has 0 aliphatic rings. The molecule has 0 rings (SSSR count). The Kier molecular flexibility index (Phi) is 4.86. The van der Waals surface area contributed by atoms with Crippen LogP contribution in [0, 0.1) is 0 Å². The van der Waals surface area contributed by atoms with Crippen molar-refractivity contribution in [2.75, 3.05) is 0 Å². The van der Waals surface area contributed by atoms with Crippen LogP contribution in [0.4, 0.5) is 0 Å². The van der Waals surface area contributed by atoms with Crippen molar-refractivity contribution in [1.29, 1.82) is 0 Å². The van der Waals surface area contributed by atoms with E-state index in [1.807, 2.05) is 0 Å². The lowest BCUT2D eigenvalue weighted by molar-refractivity contribution is -0.129. The molecule has 0 aromatic heterocycles. The zero-order chi connectivity index (χ0) is 8.85. The van der Waals surface area contributed by atoms with Gasteiger partial charge in [0.15, 0.2) is 0 Å². The third-order valence-corrected chi connectivity index (χ3v) is 4.41. The largest absolute Gasteiger partial charge is 0.519 e. The quantitative estimate of drug-likeness (QED) is 0.478. The Bertz CT molecular complexity index is 143. The molecule has 0 spiro atoms. The molecule has 0 fully saturated rings. The van der Waals surface area contributed by atoms with Crippen molar-refractivity contribution >= 4 is 15.0 Å². The molecule has 1 atom stereocenters. The summed E-state index contributed by atoms with van der Waals surface area (Å²) < 4.78 is 5.19. The molecular formula is C8H16O2Si. The predicted molar refractivity (Wildman–Crippen MR) is 49.0 cm³/mol. The predicted octanol–water partition coefficient (Wildman–Crippen LogP) is 1.87. The average Bonchev–Trinajstić information content (AvgIpc) is 1.99. The number of rotatable bonds is 4. The summed E-state index contributed by atoms with van der Waals surface area (Å²) in [6, 6.07) is 0.997. The molecule has 3 heteroatoms. The highest BCUT2D eigenvalue weighted by Gasteiger charge is 2.16. The minimum absolute atomic E-state index is 0.266. The second-order valence-electron chi connectivity index (χ2n) is 2.83. The highest BCUT2D eigenvalue weighted by Crippen LogP contribution is 2.12. The Balaban J connectivity index is 3.87.